The molecule has 110 valence electrons. The Bertz CT molecular complexity index is 577. The van der Waals surface area contributed by atoms with Crippen LogP contribution in [-0.4, -0.2) is 28.0 Å². The molecule has 4 heteroatoms. The zero-order valence-electron chi connectivity index (χ0n) is 12.8. The first-order valence-corrected chi connectivity index (χ1v) is 7.67. The van der Waals surface area contributed by atoms with E-state index in [-0.39, 0.29) is 0 Å². The van der Waals surface area contributed by atoms with Crippen LogP contribution in [0, 0.1) is 19.8 Å². The van der Waals surface area contributed by atoms with E-state index in [1.54, 1.807) is 0 Å². The number of aryl methyl sites for hydroxylation is 2. The molecule has 1 unspecified atom stereocenters. The van der Waals surface area contributed by atoms with Crippen LogP contribution in [0.4, 0.5) is 5.95 Å². The molecule has 0 N–H and O–H groups in total. The highest BCUT2D eigenvalue weighted by molar-refractivity contribution is 5.33. The van der Waals surface area contributed by atoms with Crippen molar-refractivity contribution in [1.82, 2.24) is 15.0 Å². The quantitative estimate of drug-likeness (QED) is 0.868. The first-order valence-electron chi connectivity index (χ1n) is 7.67. The molecule has 3 rings (SSSR count). The molecule has 1 saturated heterocycles. The molecule has 3 heterocycles. The summed E-state index contributed by atoms with van der Waals surface area (Å²) in [5, 5.41) is 0. The molecule has 2 aromatic heterocycles. The van der Waals surface area contributed by atoms with Gasteiger partial charge in [-0.1, -0.05) is 6.07 Å². The fraction of sp³-hybridized carbons (Fsp3) is 0.471. The molecule has 0 saturated carbocycles. The third-order valence-corrected chi connectivity index (χ3v) is 4.02. The minimum absolute atomic E-state index is 0.660. The summed E-state index contributed by atoms with van der Waals surface area (Å²) in [5.41, 5.74) is 3.42. The van der Waals surface area contributed by atoms with Gasteiger partial charge in [0.1, 0.15) is 0 Å². The van der Waals surface area contributed by atoms with Gasteiger partial charge in [-0.15, -0.1) is 0 Å². The van der Waals surface area contributed by atoms with Gasteiger partial charge in [-0.2, -0.15) is 0 Å². The Kier molecular flexibility index (Phi) is 4.13. The Hall–Kier alpha value is -1.97. The molecule has 2 aromatic rings. The highest BCUT2D eigenvalue weighted by Gasteiger charge is 2.22. The molecule has 4 nitrogen and oxygen atoms in total. The van der Waals surface area contributed by atoms with Gasteiger partial charge in [-0.3, -0.25) is 4.98 Å². The number of pyridine rings is 1. The number of nitrogens with zero attached hydrogens (tertiary/aromatic N) is 4. The average Bonchev–Trinajstić information content (AvgIpc) is 2.47. The van der Waals surface area contributed by atoms with Gasteiger partial charge >= 0.3 is 0 Å². The van der Waals surface area contributed by atoms with Crippen molar-refractivity contribution < 1.29 is 0 Å². The van der Waals surface area contributed by atoms with E-state index in [0.29, 0.717) is 5.92 Å². The highest BCUT2D eigenvalue weighted by atomic mass is 15.3. The van der Waals surface area contributed by atoms with Gasteiger partial charge in [0.15, 0.2) is 0 Å². The van der Waals surface area contributed by atoms with Crippen molar-refractivity contribution in [3.8, 4) is 0 Å². The summed E-state index contributed by atoms with van der Waals surface area (Å²) in [4.78, 5) is 15.8. The minimum atomic E-state index is 0.660. The summed E-state index contributed by atoms with van der Waals surface area (Å²) in [6.07, 6.45) is 7.39. The van der Waals surface area contributed by atoms with E-state index < -0.39 is 0 Å². The number of hydrogen-bond donors (Lipinski definition) is 0. The van der Waals surface area contributed by atoms with Crippen LogP contribution in [0.25, 0.3) is 0 Å². The van der Waals surface area contributed by atoms with Crippen molar-refractivity contribution in [1.29, 1.82) is 0 Å². The molecular weight excluding hydrogens is 260 g/mol. The molecule has 0 bridgehead atoms. The molecule has 0 amide bonds. The molecule has 1 atom stereocenters. The molecule has 1 fully saturated rings. The van der Waals surface area contributed by atoms with Crippen LogP contribution < -0.4 is 4.90 Å². The number of hydrogen-bond acceptors (Lipinski definition) is 4. The second-order valence-electron chi connectivity index (χ2n) is 5.97. The van der Waals surface area contributed by atoms with Crippen molar-refractivity contribution in [3.63, 3.8) is 0 Å². The zero-order chi connectivity index (χ0) is 14.7. The summed E-state index contributed by atoms with van der Waals surface area (Å²) in [6.45, 7) is 6.18. The van der Waals surface area contributed by atoms with Gasteiger partial charge in [-0.25, -0.2) is 9.97 Å². The van der Waals surface area contributed by atoms with Gasteiger partial charge in [0.2, 0.25) is 5.95 Å². The van der Waals surface area contributed by atoms with Crippen LogP contribution in [0.5, 0.6) is 0 Å². The lowest BCUT2D eigenvalue weighted by Crippen LogP contribution is -2.37. The lowest BCUT2D eigenvalue weighted by molar-refractivity contribution is 0.408. The molecule has 0 spiro atoms. The topological polar surface area (TPSA) is 41.9 Å². The van der Waals surface area contributed by atoms with E-state index >= 15 is 0 Å². The van der Waals surface area contributed by atoms with Crippen molar-refractivity contribution in [2.45, 2.75) is 33.1 Å². The van der Waals surface area contributed by atoms with E-state index in [4.69, 9.17) is 0 Å². The molecule has 0 radical (unpaired) electrons. The van der Waals surface area contributed by atoms with Crippen LogP contribution in [0.1, 0.15) is 29.8 Å². The summed E-state index contributed by atoms with van der Waals surface area (Å²) in [6, 6.07) is 6.21. The third kappa shape index (κ3) is 3.57. The normalized spacial score (nSPS) is 18.8. The van der Waals surface area contributed by atoms with Gasteiger partial charge < -0.3 is 4.90 Å². The molecule has 1 aliphatic rings. The standard InChI is InChI=1S/C17H22N4/c1-13-9-14(2)20-17(19-13)21-8-4-6-16(12-21)10-15-5-3-7-18-11-15/h3,5,7,9,11,16H,4,6,8,10,12H2,1-2H3. The maximum atomic E-state index is 4.60. The third-order valence-electron chi connectivity index (χ3n) is 4.02. The molecule has 21 heavy (non-hydrogen) atoms. The van der Waals surface area contributed by atoms with Crippen LogP contribution in [0.2, 0.25) is 0 Å². The Labute approximate surface area is 126 Å². The summed E-state index contributed by atoms with van der Waals surface area (Å²) in [7, 11) is 0. The lowest BCUT2D eigenvalue weighted by Gasteiger charge is -2.33. The van der Waals surface area contributed by atoms with Gasteiger partial charge in [0, 0.05) is 36.9 Å². The molecule has 0 aliphatic carbocycles. The first-order chi connectivity index (χ1) is 10.2. The maximum Gasteiger partial charge on any atom is 0.225 e. The monoisotopic (exact) mass is 282 g/mol. The van der Waals surface area contributed by atoms with Crippen LogP contribution >= 0.6 is 0 Å². The zero-order valence-corrected chi connectivity index (χ0v) is 12.8. The van der Waals surface area contributed by atoms with Crippen LogP contribution in [0.15, 0.2) is 30.6 Å². The number of aromatic nitrogens is 3. The number of piperidine rings is 1. The fourth-order valence-electron chi connectivity index (χ4n) is 3.11. The average molecular weight is 282 g/mol. The van der Waals surface area contributed by atoms with Crippen LogP contribution in [0.3, 0.4) is 0 Å². The first kappa shape index (κ1) is 14.0. The Morgan fingerprint density at radius 1 is 1.24 bits per heavy atom. The SMILES string of the molecule is Cc1cc(C)nc(N2CCCC(Cc3cccnc3)C2)n1. The second kappa shape index (κ2) is 6.20. The largest absolute Gasteiger partial charge is 0.341 e. The molecule has 1 aliphatic heterocycles. The van der Waals surface area contributed by atoms with Gasteiger partial charge in [0.25, 0.3) is 0 Å². The highest BCUT2D eigenvalue weighted by Crippen LogP contribution is 2.23. The number of rotatable bonds is 3. The molecular formula is C17H22N4. The Balaban J connectivity index is 1.70. The van der Waals surface area contributed by atoms with Gasteiger partial charge in [0.05, 0.1) is 0 Å². The van der Waals surface area contributed by atoms with E-state index in [0.717, 1.165) is 36.8 Å². The summed E-state index contributed by atoms with van der Waals surface area (Å²) >= 11 is 0. The molecule has 0 aromatic carbocycles. The Morgan fingerprint density at radius 2 is 2.05 bits per heavy atom. The van der Waals surface area contributed by atoms with Crippen molar-refractivity contribution in [2.24, 2.45) is 5.92 Å². The van der Waals surface area contributed by atoms with Gasteiger partial charge in [-0.05, 0) is 56.7 Å². The van der Waals surface area contributed by atoms with Crippen molar-refractivity contribution in [3.05, 3.63) is 47.5 Å². The van der Waals surface area contributed by atoms with E-state index in [2.05, 4.69) is 25.9 Å². The summed E-state index contributed by atoms with van der Waals surface area (Å²) in [5.74, 6) is 1.55. The van der Waals surface area contributed by atoms with Crippen LogP contribution in [-0.2, 0) is 6.42 Å². The fourth-order valence-corrected chi connectivity index (χ4v) is 3.11. The summed E-state index contributed by atoms with van der Waals surface area (Å²) < 4.78 is 0. The predicted octanol–water partition coefficient (Wildman–Crippen LogP) is 2.95. The van der Waals surface area contributed by atoms with Crippen molar-refractivity contribution in [2.75, 3.05) is 18.0 Å². The van der Waals surface area contributed by atoms with E-state index in [1.165, 1.54) is 18.4 Å². The van der Waals surface area contributed by atoms with E-state index in [9.17, 15) is 0 Å². The van der Waals surface area contributed by atoms with E-state index in [1.807, 2.05) is 38.4 Å². The second-order valence-corrected chi connectivity index (χ2v) is 5.97. The van der Waals surface area contributed by atoms with Crippen molar-refractivity contribution >= 4 is 5.95 Å². The minimum Gasteiger partial charge on any atom is -0.341 e. The Morgan fingerprint density at radius 3 is 2.76 bits per heavy atom. The maximum absolute atomic E-state index is 4.60. The predicted molar refractivity (Wildman–Crippen MR) is 84.4 cm³/mol. The smallest absolute Gasteiger partial charge is 0.225 e. The number of anilines is 1. The lowest BCUT2D eigenvalue weighted by atomic mass is 9.92.